The molecule has 1 unspecified atom stereocenters. The Morgan fingerprint density at radius 1 is 1.08 bits per heavy atom. The molecule has 1 aliphatic heterocycles. The lowest BCUT2D eigenvalue weighted by Gasteiger charge is -2.20. The molecule has 1 fully saturated rings. The zero-order chi connectivity index (χ0) is 18.5. The number of aryl methyl sites for hydroxylation is 1. The van der Waals surface area contributed by atoms with Gasteiger partial charge in [0.1, 0.15) is 6.54 Å². The van der Waals surface area contributed by atoms with Gasteiger partial charge in [-0.1, -0.05) is 60.2 Å². The zero-order valence-corrected chi connectivity index (χ0v) is 15.3. The van der Waals surface area contributed by atoms with Gasteiger partial charge in [0.2, 0.25) is 5.91 Å². The van der Waals surface area contributed by atoms with Crippen LogP contribution in [0.5, 0.6) is 0 Å². The fourth-order valence-corrected chi connectivity index (χ4v) is 3.24. The van der Waals surface area contributed by atoms with Crippen LogP contribution in [-0.4, -0.2) is 41.4 Å². The van der Waals surface area contributed by atoms with Crippen molar-refractivity contribution in [1.82, 2.24) is 15.1 Å². The number of carbonyl (C=O) groups is 2. The highest BCUT2D eigenvalue weighted by Crippen LogP contribution is 2.15. The highest BCUT2D eigenvalue weighted by molar-refractivity contribution is 5.85. The van der Waals surface area contributed by atoms with Crippen molar-refractivity contribution in [1.29, 1.82) is 0 Å². The number of hydrogen-bond donors (Lipinski definition) is 1. The van der Waals surface area contributed by atoms with Crippen LogP contribution in [0.3, 0.4) is 0 Å². The van der Waals surface area contributed by atoms with Gasteiger partial charge in [0.25, 0.3) is 0 Å². The first-order valence-electron chi connectivity index (χ1n) is 8.96. The fourth-order valence-electron chi connectivity index (χ4n) is 3.24. The Balaban J connectivity index is 1.52. The van der Waals surface area contributed by atoms with Crippen LogP contribution in [0.4, 0.5) is 4.79 Å². The largest absolute Gasteiger partial charge is 0.348 e. The molecule has 0 saturated carbocycles. The lowest BCUT2D eigenvalue weighted by molar-refractivity contribution is -0.122. The molecule has 1 N–H and O–H groups in total. The molecule has 3 amide bonds. The van der Waals surface area contributed by atoms with E-state index in [-0.39, 0.29) is 24.5 Å². The van der Waals surface area contributed by atoms with Gasteiger partial charge in [-0.25, -0.2) is 4.79 Å². The van der Waals surface area contributed by atoms with Gasteiger partial charge in [0, 0.05) is 19.6 Å². The summed E-state index contributed by atoms with van der Waals surface area (Å²) >= 11 is 0. The Labute approximate surface area is 154 Å². The predicted octanol–water partition coefficient (Wildman–Crippen LogP) is 3.11. The van der Waals surface area contributed by atoms with Crippen molar-refractivity contribution in [3.05, 3.63) is 71.3 Å². The van der Waals surface area contributed by atoms with Crippen LogP contribution in [0.15, 0.2) is 54.6 Å². The molecule has 1 atom stereocenters. The summed E-state index contributed by atoms with van der Waals surface area (Å²) in [5.74, 6) is -0.132. The van der Waals surface area contributed by atoms with Crippen LogP contribution in [0.2, 0.25) is 0 Å². The van der Waals surface area contributed by atoms with Crippen molar-refractivity contribution in [3.63, 3.8) is 0 Å². The highest BCUT2D eigenvalue weighted by Gasteiger charge is 2.29. The van der Waals surface area contributed by atoms with Gasteiger partial charge < -0.3 is 15.1 Å². The molecule has 0 aromatic heterocycles. The number of urea groups is 1. The zero-order valence-electron chi connectivity index (χ0n) is 15.3. The standard InChI is InChI=1S/C21H25N3O2/c1-16-7-6-8-18(13-16)14-23-11-12-24(21(23)26)15-20(25)22-17(2)19-9-4-3-5-10-19/h3-10,13,17H,11-12,14-15H2,1-2H3,(H,22,25). The second kappa shape index (κ2) is 8.04. The average molecular weight is 351 g/mol. The molecule has 1 heterocycles. The van der Waals surface area contributed by atoms with Gasteiger partial charge in [0.15, 0.2) is 0 Å². The number of nitrogens with one attached hydrogen (secondary N) is 1. The van der Waals surface area contributed by atoms with Crippen molar-refractivity contribution in [2.75, 3.05) is 19.6 Å². The van der Waals surface area contributed by atoms with E-state index in [0.29, 0.717) is 19.6 Å². The van der Waals surface area contributed by atoms with Crippen molar-refractivity contribution >= 4 is 11.9 Å². The van der Waals surface area contributed by atoms with Gasteiger partial charge in [-0.15, -0.1) is 0 Å². The number of carbonyl (C=O) groups excluding carboxylic acids is 2. The predicted molar refractivity (Wildman–Crippen MR) is 102 cm³/mol. The van der Waals surface area contributed by atoms with Crippen LogP contribution < -0.4 is 5.32 Å². The number of nitrogens with zero attached hydrogens (tertiary/aromatic N) is 2. The summed E-state index contributed by atoms with van der Waals surface area (Å²) in [6.45, 7) is 5.90. The summed E-state index contributed by atoms with van der Waals surface area (Å²) in [5, 5.41) is 2.96. The van der Waals surface area contributed by atoms with E-state index in [1.165, 1.54) is 5.56 Å². The van der Waals surface area contributed by atoms with Crippen molar-refractivity contribution < 1.29 is 9.59 Å². The first kappa shape index (κ1) is 18.0. The first-order valence-corrected chi connectivity index (χ1v) is 8.96. The summed E-state index contributed by atoms with van der Waals surface area (Å²) in [7, 11) is 0. The average Bonchev–Trinajstić information content (AvgIpc) is 2.96. The summed E-state index contributed by atoms with van der Waals surface area (Å²) in [5.41, 5.74) is 3.34. The third kappa shape index (κ3) is 4.42. The van der Waals surface area contributed by atoms with Gasteiger partial charge in [-0.3, -0.25) is 4.79 Å². The molecule has 0 spiro atoms. The summed E-state index contributed by atoms with van der Waals surface area (Å²) in [6.07, 6.45) is 0. The van der Waals surface area contributed by atoms with Crippen molar-refractivity contribution in [3.8, 4) is 0 Å². The van der Waals surface area contributed by atoms with Crippen molar-refractivity contribution in [2.24, 2.45) is 0 Å². The van der Waals surface area contributed by atoms with Gasteiger partial charge in [0.05, 0.1) is 6.04 Å². The van der Waals surface area contributed by atoms with E-state index in [0.717, 1.165) is 11.1 Å². The minimum Gasteiger partial charge on any atom is -0.348 e. The molecule has 0 bridgehead atoms. The second-order valence-corrected chi connectivity index (χ2v) is 6.81. The number of amides is 3. The topological polar surface area (TPSA) is 52.6 Å². The molecular formula is C21H25N3O2. The summed E-state index contributed by atoms with van der Waals surface area (Å²) in [6, 6.07) is 17.8. The number of rotatable bonds is 6. The van der Waals surface area contributed by atoms with Crippen LogP contribution >= 0.6 is 0 Å². The fraction of sp³-hybridized carbons (Fsp3) is 0.333. The molecule has 2 aromatic rings. The van der Waals surface area contributed by atoms with E-state index in [1.54, 1.807) is 9.80 Å². The second-order valence-electron chi connectivity index (χ2n) is 6.81. The van der Waals surface area contributed by atoms with Gasteiger partial charge in [-0.05, 0) is 25.0 Å². The number of benzene rings is 2. The number of hydrogen-bond acceptors (Lipinski definition) is 2. The monoisotopic (exact) mass is 351 g/mol. The molecule has 5 heteroatoms. The molecule has 1 aliphatic rings. The molecule has 26 heavy (non-hydrogen) atoms. The molecule has 1 saturated heterocycles. The quantitative estimate of drug-likeness (QED) is 0.869. The SMILES string of the molecule is Cc1cccc(CN2CCN(CC(=O)NC(C)c3ccccc3)C2=O)c1. The molecule has 0 aliphatic carbocycles. The summed E-state index contributed by atoms with van der Waals surface area (Å²) in [4.78, 5) is 28.3. The Morgan fingerprint density at radius 3 is 2.54 bits per heavy atom. The van der Waals surface area contributed by atoms with Gasteiger partial charge in [-0.2, -0.15) is 0 Å². The van der Waals surface area contributed by atoms with Crippen LogP contribution in [0.25, 0.3) is 0 Å². The van der Waals surface area contributed by atoms with E-state index in [9.17, 15) is 9.59 Å². The van der Waals surface area contributed by atoms with E-state index >= 15 is 0 Å². The Morgan fingerprint density at radius 2 is 1.81 bits per heavy atom. The molecule has 2 aromatic carbocycles. The third-order valence-electron chi connectivity index (χ3n) is 4.65. The maximum absolute atomic E-state index is 12.6. The van der Waals surface area contributed by atoms with E-state index in [2.05, 4.69) is 11.4 Å². The molecule has 0 radical (unpaired) electrons. The van der Waals surface area contributed by atoms with E-state index in [1.807, 2.05) is 62.4 Å². The van der Waals surface area contributed by atoms with E-state index < -0.39 is 0 Å². The lowest BCUT2D eigenvalue weighted by Crippen LogP contribution is -2.40. The van der Waals surface area contributed by atoms with Crippen LogP contribution in [0.1, 0.15) is 29.7 Å². The van der Waals surface area contributed by atoms with Gasteiger partial charge >= 0.3 is 6.03 Å². The maximum Gasteiger partial charge on any atom is 0.320 e. The van der Waals surface area contributed by atoms with Crippen LogP contribution in [0, 0.1) is 6.92 Å². The Hall–Kier alpha value is -2.82. The smallest absolute Gasteiger partial charge is 0.320 e. The minimum atomic E-state index is -0.132. The highest BCUT2D eigenvalue weighted by atomic mass is 16.2. The van der Waals surface area contributed by atoms with Crippen molar-refractivity contribution in [2.45, 2.75) is 26.4 Å². The Kier molecular flexibility index (Phi) is 5.56. The molecular weight excluding hydrogens is 326 g/mol. The van der Waals surface area contributed by atoms with E-state index in [4.69, 9.17) is 0 Å². The minimum absolute atomic E-state index is 0.0750. The maximum atomic E-state index is 12.6. The van der Waals surface area contributed by atoms with Crippen LogP contribution in [-0.2, 0) is 11.3 Å². The molecule has 5 nitrogen and oxygen atoms in total. The molecule has 3 rings (SSSR count). The lowest BCUT2D eigenvalue weighted by atomic mass is 10.1. The normalized spacial score (nSPS) is 15.2. The molecule has 136 valence electrons. The first-order chi connectivity index (χ1) is 12.5. The summed E-state index contributed by atoms with van der Waals surface area (Å²) < 4.78 is 0. The Bertz CT molecular complexity index is 776. The third-order valence-corrected chi connectivity index (χ3v) is 4.65.